The van der Waals surface area contributed by atoms with Gasteiger partial charge in [-0.15, -0.1) is 0 Å². The Labute approximate surface area is 153 Å². The third kappa shape index (κ3) is 3.78. The molecule has 2 aromatic rings. The fraction of sp³-hybridized carbons (Fsp3) is 0.526. The molecule has 0 bridgehead atoms. The minimum Gasteiger partial charge on any atom is -0.379 e. The highest BCUT2D eigenvalue weighted by molar-refractivity contribution is 5.92. The standard InChI is InChI=1S/C19H25N5O2/c25-18(17-3-8-21-22-17)24-9-4-19(5-10-24)14-23(11-12-26-15-19)13-16-1-6-20-7-2-16/h1-3,6-8H,4-5,9-15H2,(H,21,22). The molecule has 26 heavy (non-hydrogen) atoms. The van der Waals surface area contributed by atoms with Crippen LogP contribution in [0.2, 0.25) is 0 Å². The largest absolute Gasteiger partial charge is 0.379 e. The molecule has 2 fully saturated rings. The van der Waals surface area contributed by atoms with Gasteiger partial charge in [0.1, 0.15) is 5.69 Å². The van der Waals surface area contributed by atoms with Gasteiger partial charge in [0.15, 0.2) is 0 Å². The summed E-state index contributed by atoms with van der Waals surface area (Å²) in [5.74, 6) is 0.0422. The zero-order valence-corrected chi connectivity index (χ0v) is 14.9. The monoisotopic (exact) mass is 355 g/mol. The molecule has 0 unspecified atom stereocenters. The number of hydrogen-bond acceptors (Lipinski definition) is 5. The van der Waals surface area contributed by atoms with Crippen LogP contribution in [0.1, 0.15) is 28.9 Å². The van der Waals surface area contributed by atoms with Gasteiger partial charge in [-0.2, -0.15) is 5.10 Å². The first-order valence-electron chi connectivity index (χ1n) is 9.22. The van der Waals surface area contributed by atoms with E-state index in [-0.39, 0.29) is 11.3 Å². The fourth-order valence-electron chi connectivity index (χ4n) is 3.99. The summed E-state index contributed by atoms with van der Waals surface area (Å²) in [5, 5.41) is 6.65. The maximum atomic E-state index is 12.5. The zero-order valence-electron chi connectivity index (χ0n) is 14.9. The number of hydrogen-bond donors (Lipinski definition) is 1. The first-order valence-corrected chi connectivity index (χ1v) is 9.22. The molecular weight excluding hydrogens is 330 g/mol. The summed E-state index contributed by atoms with van der Waals surface area (Å²) in [4.78, 5) is 21.0. The lowest BCUT2D eigenvalue weighted by Gasteiger charge is -2.42. The Balaban J connectivity index is 1.39. The second-order valence-corrected chi connectivity index (χ2v) is 7.38. The molecule has 2 saturated heterocycles. The Kier molecular flexibility index (Phi) is 4.99. The third-order valence-corrected chi connectivity index (χ3v) is 5.52. The van der Waals surface area contributed by atoms with Crippen LogP contribution in [-0.2, 0) is 11.3 Å². The van der Waals surface area contributed by atoms with E-state index < -0.39 is 0 Å². The lowest BCUT2D eigenvalue weighted by molar-refractivity contribution is 0.0143. The number of nitrogens with zero attached hydrogens (tertiary/aromatic N) is 4. The number of H-pyrrole nitrogens is 1. The highest BCUT2D eigenvalue weighted by Crippen LogP contribution is 2.35. The highest BCUT2D eigenvalue weighted by atomic mass is 16.5. The molecule has 1 N–H and O–H groups in total. The fourth-order valence-corrected chi connectivity index (χ4v) is 3.99. The topological polar surface area (TPSA) is 74.3 Å². The maximum Gasteiger partial charge on any atom is 0.271 e. The number of carbonyl (C=O) groups excluding carboxylic acids is 1. The van der Waals surface area contributed by atoms with E-state index in [0.29, 0.717) is 5.69 Å². The third-order valence-electron chi connectivity index (χ3n) is 5.52. The number of piperidine rings is 1. The number of nitrogens with one attached hydrogen (secondary N) is 1. The molecule has 1 amide bonds. The minimum atomic E-state index is 0.0422. The van der Waals surface area contributed by atoms with Gasteiger partial charge in [0.05, 0.1) is 13.2 Å². The highest BCUT2D eigenvalue weighted by Gasteiger charge is 2.39. The lowest BCUT2D eigenvalue weighted by Crippen LogP contribution is -2.48. The van der Waals surface area contributed by atoms with Gasteiger partial charge >= 0.3 is 0 Å². The van der Waals surface area contributed by atoms with Crippen molar-refractivity contribution in [3.63, 3.8) is 0 Å². The molecule has 0 atom stereocenters. The summed E-state index contributed by atoms with van der Waals surface area (Å²) in [6, 6.07) is 5.88. The molecule has 0 radical (unpaired) electrons. The van der Waals surface area contributed by atoms with Crippen molar-refractivity contribution in [3.8, 4) is 0 Å². The number of likely N-dealkylation sites (tertiary alicyclic amines) is 1. The molecular formula is C19H25N5O2. The van der Waals surface area contributed by atoms with E-state index in [2.05, 4.69) is 32.2 Å². The van der Waals surface area contributed by atoms with Gasteiger partial charge in [-0.05, 0) is 36.6 Å². The molecule has 7 heteroatoms. The molecule has 2 aliphatic heterocycles. The number of ether oxygens (including phenoxy) is 1. The van der Waals surface area contributed by atoms with Gasteiger partial charge in [-0.3, -0.25) is 19.8 Å². The van der Waals surface area contributed by atoms with Crippen LogP contribution < -0.4 is 0 Å². The van der Waals surface area contributed by atoms with E-state index in [4.69, 9.17) is 4.74 Å². The van der Waals surface area contributed by atoms with Gasteiger partial charge in [0.2, 0.25) is 0 Å². The number of rotatable bonds is 3. The molecule has 0 aliphatic carbocycles. The Morgan fingerprint density at radius 2 is 1.96 bits per heavy atom. The Morgan fingerprint density at radius 1 is 1.15 bits per heavy atom. The van der Waals surface area contributed by atoms with Gasteiger partial charge in [-0.25, -0.2) is 0 Å². The first-order chi connectivity index (χ1) is 12.7. The normalized spacial score (nSPS) is 20.8. The Morgan fingerprint density at radius 3 is 2.69 bits per heavy atom. The van der Waals surface area contributed by atoms with Crippen LogP contribution in [0.5, 0.6) is 0 Å². The smallest absolute Gasteiger partial charge is 0.271 e. The van der Waals surface area contributed by atoms with Crippen LogP contribution in [0, 0.1) is 5.41 Å². The molecule has 2 aliphatic rings. The summed E-state index contributed by atoms with van der Waals surface area (Å²) in [7, 11) is 0. The number of aromatic amines is 1. The van der Waals surface area contributed by atoms with Crippen LogP contribution in [0.25, 0.3) is 0 Å². The Bertz CT molecular complexity index is 711. The molecule has 1 spiro atoms. The van der Waals surface area contributed by atoms with Crippen molar-refractivity contribution >= 4 is 5.91 Å². The van der Waals surface area contributed by atoms with Crippen LogP contribution >= 0.6 is 0 Å². The van der Waals surface area contributed by atoms with Crippen molar-refractivity contribution in [2.45, 2.75) is 19.4 Å². The van der Waals surface area contributed by atoms with Gasteiger partial charge in [0, 0.05) is 56.7 Å². The van der Waals surface area contributed by atoms with E-state index in [9.17, 15) is 4.79 Å². The molecule has 4 rings (SSSR count). The summed E-state index contributed by atoms with van der Waals surface area (Å²) in [5.41, 5.74) is 1.98. The predicted octanol–water partition coefficient (Wildman–Crippen LogP) is 1.56. The summed E-state index contributed by atoms with van der Waals surface area (Å²) < 4.78 is 5.95. The average molecular weight is 355 g/mol. The van der Waals surface area contributed by atoms with Crippen molar-refractivity contribution in [2.24, 2.45) is 5.41 Å². The lowest BCUT2D eigenvalue weighted by atomic mass is 9.78. The summed E-state index contributed by atoms with van der Waals surface area (Å²) >= 11 is 0. The zero-order chi connectivity index (χ0) is 17.8. The summed E-state index contributed by atoms with van der Waals surface area (Å²) in [6.45, 7) is 5.97. The number of amides is 1. The van der Waals surface area contributed by atoms with E-state index in [1.807, 2.05) is 17.3 Å². The van der Waals surface area contributed by atoms with Gasteiger partial charge in [-0.1, -0.05) is 0 Å². The second-order valence-electron chi connectivity index (χ2n) is 7.38. The Hall–Kier alpha value is -2.25. The minimum absolute atomic E-state index is 0.0422. The second kappa shape index (κ2) is 7.55. The van der Waals surface area contributed by atoms with E-state index in [1.165, 1.54) is 5.56 Å². The molecule has 138 valence electrons. The average Bonchev–Trinajstić information content (AvgIpc) is 3.14. The van der Waals surface area contributed by atoms with Crippen molar-refractivity contribution in [3.05, 3.63) is 48.0 Å². The van der Waals surface area contributed by atoms with Crippen molar-refractivity contribution < 1.29 is 9.53 Å². The number of pyridine rings is 1. The van der Waals surface area contributed by atoms with Crippen LogP contribution in [0.15, 0.2) is 36.8 Å². The molecule has 0 aromatic carbocycles. The van der Waals surface area contributed by atoms with E-state index >= 15 is 0 Å². The van der Waals surface area contributed by atoms with E-state index in [1.54, 1.807) is 12.3 Å². The van der Waals surface area contributed by atoms with Crippen LogP contribution in [-0.4, -0.2) is 70.3 Å². The number of carbonyl (C=O) groups is 1. The summed E-state index contributed by atoms with van der Waals surface area (Å²) in [6.07, 6.45) is 7.26. The van der Waals surface area contributed by atoms with Crippen LogP contribution in [0.3, 0.4) is 0 Å². The number of aromatic nitrogens is 3. The predicted molar refractivity (Wildman–Crippen MR) is 96.5 cm³/mol. The van der Waals surface area contributed by atoms with Crippen molar-refractivity contribution in [1.29, 1.82) is 0 Å². The van der Waals surface area contributed by atoms with Crippen molar-refractivity contribution in [2.75, 3.05) is 39.4 Å². The van der Waals surface area contributed by atoms with Crippen molar-refractivity contribution in [1.82, 2.24) is 25.0 Å². The molecule has 2 aromatic heterocycles. The molecule has 0 saturated carbocycles. The quantitative estimate of drug-likeness (QED) is 0.904. The van der Waals surface area contributed by atoms with Gasteiger partial charge in [0.25, 0.3) is 5.91 Å². The SMILES string of the molecule is O=C(c1ccn[nH]1)N1CCC2(CC1)COCCN(Cc1ccncc1)C2. The molecule has 4 heterocycles. The van der Waals surface area contributed by atoms with E-state index in [0.717, 1.165) is 58.8 Å². The maximum absolute atomic E-state index is 12.5. The van der Waals surface area contributed by atoms with Crippen LogP contribution in [0.4, 0.5) is 0 Å². The van der Waals surface area contributed by atoms with Gasteiger partial charge < -0.3 is 9.64 Å². The molecule has 7 nitrogen and oxygen atoms in total. The first kappa shape index (κ1) is 17.2.